The minimum absolute atomic E-state index is 0.354. The number of aromatic carboxylic acids is 1. The SMILES string of the molecule is Cc1ccc(C)n1NCc1cc(C(=O)O)cs1. The predicted molar refractivity (Wildman–Crippen MR) is 68.2 cm³/mol. The van der Waals surface area contributed by atoms with Gasteiger partial charge in [0.25, 0.3) is 0 Å². The summed E-state index contributed by atoms with van der Waals surface area (Å²) in [6, 6.07) is 5.78. The first-order chi connectivity index (χ1) is 8.08. The van der Waals surface area contributed by atoms with Crippen molar-refractivity contribution in [2.75, 3.05) is 5.43 Å². The number of hydrogen-bond donors (Lipinski definition) is 2. The number of thiophene rings is 1. The van der Waals surface area contributed by atoms with Crippen molar-refractivity contribution in [3.8, 4) is 0 Å². The van der Waals surface area contributed by atoms with Crippen molar-refractivity contribution >= 4 is 17.3 Å². The molecule has 4 nitrogen and oxygen atoms in total. The van der Waals surface area contributed by atoms with Crippen LogP contribution in [0.4, 0.5) is 0 Å². The van der Waals surface area contributed by atoms with Crippen LogP contribution in [0.15, 0.2) is 23.6 Å². The quantitative estimate of drug-likeness (QED) is 0.877. The summed E-state index contributed by atoms with van der Waals surface area (Å²) >= 11 is 1.45. The molecule has 0 aliphatic heterocycles. The molecule has 0 radical (unpaired) electrons. The summed E-state index contributed by atoms with van der Waals surface area (Å²) in [6.07, 6.45) is 0. The zero-order valence-electron chi connectivity index (χ0n) is 9.73. The predicted octanol–water partition coefficient (Wildman–Crippen LogP) is 2.61. The molecule has 0 saturated carbocycles. The first-order valence-electron chi connectivity index (χ1n) is 5.27. The Bertz CT molecular complexity index is 523. The molecule has 0 aromatic carbocycles. The highest BCUT2D eigenvalue weighted by atomic mass is 32.1. The number of hydrogen-bond acceptors (Lipinski definition) is 3. The van der Waals surface area contributed by atoms with Gasteiger partial charge in [-0.25, -0.2) is 4.79 Å². The van der Waals surface area contributed by atoms with E-state index in [1.807, 2.05) is 30.7 Å². The lowest BCUT2D eigenvalue weighted by Crippen LogP contribution is -2.16. The molecule has 17 heavy (non-hydrogen) atoms. The van der Waals surface area contributed by atoms with Gasteiger partial charge in [-0.05, 0) is 32.0 Å². The first-order valence-corrected chi connectivity index (χ1v) is 6.15. The smallest absolute Gasteiger partial charge is 0.336 e. The Hall–Kier alpha value is -1.75. The molecule has 0 aliphatic carbocycles. The second kappa shape index (κ2) is 4.63. The number of aryl methyl sites for hydroxylation is 2. The van der Waals surface area contributed by atoms with Gasteiger partial charge in [-0.1, -0.05) is 0 Å². The maximum Gasteiger partial charge on any atom is 0.336 e. The van der Waals surface area contributed by atoms with Crippen LogP contribution in [0.2, 0.25) is 0 Å². The molecular formula is C12H14N2O2S. The normalized spacial score (nSPS) is 10.5. The zero-order valence-corrected chi connectivity index (χ0v) is 10.5. The van der Waals surface area contributed by atoms with Crippen LogP contribution >= 0.6 is 11.3 Å². The van der Waals surface area contributed by atoms with E-state index < -0.39 is 5.97 Å². The topological polar surface area (TPSA) is 54.3 Å². The third-order valence-corrected chi connectivity index (χ3v) is 3.52. The lowest BCUT2D eigenvalue weighted by atomic mass is 10.3. The summed E-state index contributed by atoms with van der Waals surface area (Å²) in [5.74, 6) is -0.874. The lowest BCUT2D eigenvalue weighted by Gasteiger charge is -2.11. The first kappa shape index (κ1) is 11.7. The van der Waals surface area contributed by atoms with Gasteiger partial charge < -0.3 is 10.5 Å². The van der Waals surface area contributed by atoms with Crippen LogP contribution in [0.1, 0.15) is 26.6 Å². The Morgan fingerprint density at radius 3 is 2.59 bits per heavy atom. The minimum Gasteiger partial charge on any atom is -0.478 e. The highest BCUT2D eigenvalue weighted by Gasteiger charge is 2.06. The Morgan fingerprint density at radius 2 is 2.06 bits per heavy atom. The largest absolute Gasteiger partial charge is 0.478 e. The number of nitrogens with zero attached hydrogens (tertiary/aromatic N) is 1. The van der Waals surface area contributed by atoms with Crippen LogP contribution in [0, 0.1) is 13.8 Å². The van der Waals surface area contributed by atoms with Crippen molar-refractivity contribution in [2.45, 2.75) is 20.4 Å². The van der Waals surface area contributed by atoms with Crippen LogP contribution in [-0.2, 0) is 6.54 Å². The van der Waals surface area contributed by atoms with Crippen LogP contribution in [0.3, 0.4) is 0 Å². The molecule has 0 saturated heterocycles. The fourth-order valence-electron chi connectivity index (χ4n) is 1.66. The molecule has 2 aromatic rings. The van der Waals surface area contributed by atoms with Crippen LogP contribution in [-0.4, -0.2) is 15.8 Å². The molecule has 0 fully saturated rings. The van der Waals surface area contributed by atoms with E-state index in [0.717, 1.165) is 16.3 Å². The van der Waals surface area contributed by atoms with Crippen LogP contribution in [0.5, 0.6) is 0 Å². The summed E-state index contributed by atoms with van der Waals surface area (Å²) < 4.78 is 2.00. The fraction of sp³-hybridized carbons (Fsp3) is 0.250. The number of carboxylic acid groups (broad SMARTS) is 1. The van der Waals surface area contributed by atoms with Gasteiger partial charge in [-0.3, -0.25) is 4.68 Å². The van der Waals surface area contributed by atoms with Gasteiger partial charge in [0.05, 0.1) is 12.1 Å². The number of carboxylic acids is 1. The van der Waals surface area contributed by atoms with E-state index in [1.54, 1.807) is 11.4 Å². The maximum absolute atomic E-state index is 10.7. The van der Waals surface area contributed by atoms with E-state index in [0.29, 0.717) is 12.1 Å². The van der Waals surface area contributed by atoms with Gasteiger partial charge in [-0.15, -0.1) is 11.3 Å². The number of carbonyl (C=O) groups is 1. The average Bonchev–Trinajstić information content (AvgIpc) is 2.85. The van der Waals surface area contributed by atoms with Crippen molar-refractivity contribution in [1.29, 1.82) is 0 Å². The van der Waals surface area contributed by atoms with E-state index in [-0.39, 0.29) is 0 Å². The highest BCUT2D eigenvalue weighted by molar-refractivity contribution is 7.10. The van der Waals surface area contributed by atoms with Gasteiger partial charge in [0.1, 0.15) is 0 Å². The average molecular weight is 250 g/mol. The maximum atomic E-state index is 10.7. The molecule has 90 valence electrons. The molecule has 2 rings (SSSR count). The van der Waals surface area contributed by atoms with Crippen LogP contribution < -0.4 is 5.43 Å². The molecular weight excluding hydrogens is 236 g/mol. The summed E-state index contributed by atoms with van der Waals surface area (Å²) in [5.41, 5.74) is 5.89. The van der Waals surface area contributed by atoms with E-state index in [4.69, 9.17) is 5.11 Å². The molecule has 0 unspecified atom stereocenters. The number of aromatic nitrogens is 1. The Morgan fingerprint density at radius 1 is 1.41 bits per heavy atom. The molecule has 0 aliphatic rings. The summed E-state index contributed by atoms with van der Waals surface area (Å²) in [7, 11) is 0. The van der Waals surface area contributed by atoms with E-state index in [2.05, 4.69) is 5.43 Å². The second-order valence-corrected chi connectivity index (χ2v) is 4.89. The molecule has 2 aromatic heterocycles. The molecule has 2 N–H and O–H groups in total. The van der Waals surface area contributed by atoms with Gasteiger partial charge in [-0.2, -0.15) is 0 Å². The van der Waals surface area contributed by atoms with Crippen LogP contribution in [0.25, 0.3) is 0 Å². The number of rotatable bonds is 4. The summed E-state index contributed by atoms with van der Waals surface area (Å²) in [6.45, 7) is 4.68. The van der Waals surface area contributed by atoms with Gasteiger partial charge in [0.15, 0.2) is 0 Å². The third-order valence-electron chi connectivity index (χ3n) is 2.58. The summed E-state index contributed by atoms with van der Waals surface area (Å²) in [5, 5.41) is 10.5. The Kier molecular flexibility index (Phi) is 3.19. The molecule has 5 heteroatoms. The van der Waals surface area contributed by atoms with Gasteiger partial charge in [0, 0.05) is 21.6 Å². The van der Waals surface area contributed by atoms with E-state index >= 15 is 0 Å². The molecule has 2 heterocycles. The van der Waals surface area contributed by atoms with Crippen molar-refractivity contribution in [3.05, 3.63) is 45.4 Å². The summed E-state index contributed by atoms with van der Waals surface area (Å²) in [4.78, 5) is 11.7. The number of nitrogens with one attached hydrogen (secondary N) is 1. The standard InChI is InChI=1S/C12H14N2O2S/c1-8-3-4-9(2)14(8)13-6-11-5-10(7-17-11)12(15)16/h3-5,7,13H,6H2,1-2H3,(H,15,16). The van der Waals surface area contributed by atoms with E-state index in [1.165, 1.54) is 11.3 Å². The van der Waals surface area contributed by atoms with Crippen molar-refractivity contribution < 1.29 is 9.90 Å². The molecule has 0 atom stereocenters. The second-order valence-electron chi connectivity index (χ2n) is 3.89. The Labute approximate surface area is 103 Å². The highest BCUT2D eigenvalue weighted by Crippen LogP contribution is 2.15. The zero-order chi connectivity index (χ0) is 12.4. The Balaban J connectivity index is 2.05. The van der Waals surface area contributed by atoms with Gasteiger partial charge in [0.2, 0.25) is 0 Å². The van der Waals surface area contributed by atoms with Gasteiger partial charge >= 0.3 is 5.97 Å². The van der Waals surface area contributed by atoms with Crippen molar-refractivity contribution in [3.63, 3.8) is 0 Å². The molecule has 0 spiro atoms. The third kappa shape index (κ3) is 2.50. The lowest BCUT2D eigenvalue weighted by molar-refractivity contribution is 0.0697. The van der Waals surface area contributed by atoms with E-state index in [9.17, 15) is 4.79 Å². The molecule has 0 amide bonds. The molecule has 0 bridgehead atoms. The monoisotopic (exact) mass is 250 g/mol. The minimum atomic E-state index is -0.874. The van der Waals surface area contributed by atoms with Crippen molar-refractivity contribution in [2.24, 2.45) is 0 Å². The van der Waals surface area contributed by atoms with Crippen molar-refractivity contribution in [1.82, 2.24) is 4.68 Å². The fourth-order valence-corrected chi connectivity index (χ4v) is 2.45.